The molecule has 14 heavy (non-hydrogen) atoms. The van der Waals surface area contributed by atoms with Crippen LogP contribution in [0.1, 0.15) is 0 Å². The molecule has 5 nitrogen and oxygen atoms in total. The van der Waals surface area contributed by atoms with Gasteiger partial charge >= 0.3 is 0 Å². The molecule has 0 fully saturated rings. The number of nitrogen functional groups attached to an aromatic ring is 1. The van der Waals surface area contributed by atoms with Crippen LogP contribution in [0.15, 0.2) is 18.2 Å². The average molecular weight is 196 g/mol. The van der Waals surface area contributed by atoms with Crippen LogP contribution in [0.3, 0.4) is 0 Å². The highest BCUT2D eigenvalue weighted by Gasteiger charge is 2.01. The Labute approximate surface area is 83.8 Å². The first-order chi connectivity index (χ1) is 6.77. The standard InChI is InChI=1S/C9H16N4O/c1-13(6-7-14-2)9-5-3-4-8(11-9)12-10/h3-5H,6-7,10H2,1-2H3,(H,11,12). The fourth-order valence-electron chi connectivity index (χ4n) is 1.06. The van der Waals surface area contributed by atoms with Gasteiger partial charge in [0.1, 0.15) is 11.6 Å². The van der Waals surface area contributed by atoms with Crippen LogP contribution in [0.25, 0.3) is 0 Å². The van der Waals surface area contributed by atoms with Gasteiger partial charge in [0.2, 0.25) is 0 Å². The summed E-state index contributed by atoms with van der Waals surface area (Å²) < 4.78 is 4.98. The Morgan fingerprint density at radius 3 is 3.00 bits per heavy atom. The molecule has 0 saturated heterocycles. The van der Waals surface area contributed by atoms with Crippen LogP contribution < -0.4 is 16.2 Å². The number of hydrogen-bond donors (Lipinski definition) is 2. The van der Waals surface area contributed by atoms with Crippen molar-refractivity contribution in [3.05, 3.63) is 18.2 Å². The normalized spacial score (nSPS) is 9.93. The van der Waals surface area contributed by atoms with Gasteiger partial charge in [-0.15, -0.1) is 0 Å². The molecule has 3 N–H and O–H groups in total. The third kappa shape index (κ3) is 2.86. The Hall–Kier alpha value is -1.33. The summed E-state index contributed by atoms with van der Waals surface area (Å²) in [7, 11) is 3.64. The Bertz CT molecular complexity index is 279. The Kier molecular flexibility index (Phi) is 4.15. The highest BCUT2D eigenvalue weighted by atomic mass is 16.5. The molecule has 0 radical (unpaired) electrons. The van der Waals surface area contributed by atoms with Gasteiger partial charge in [0.15, 0.2) is 0 Å². The van der Waals surface area contributed by atoms with Crippen molar-refractivity contribution in [2.75, 3.05) is 37.6 Å². The molecule has 1 heterocycles. The highest BCUT2D eigenvalue weighted by Crippen LogP contribution is 2.11. The third-order valence-electron chi connectivity index (χ3n) is 1.90. The van der Waals surface area contributed by atoms with E-state index in [4.69, 9.17) is 10.6 Å². The second-order valence-electron chi connectivity index (χ2n) is 2.94. The van der Waals surface area contributed by atoms with Gasteiger partial charge in [-0.1, -0.05) is 6.07 Å². The van der Waals surface area contributed by atoms with E-state index >= 15 is 0 Å². The van der Waals surface area contributed by atoms with E-state index in [1.54, 1.807) is 7.11 Å². The number of aromatic nitrogens is 1. The molecule has 0 amide bonds. The number of likely N-dealkylation sites (N-methyl/N-ethyl adjacent to an activating group) is 1. The third-order valence-corrected chi connectivity index (χ3v) is 1.90. The largest absolute Gasteiger partial charge is 0.383 e. The van der Waals surface area contributed by atoms with Gasteiger partial charge in [-0.25, -0.2) is 10.8 Å². The summed E-state index contributed by atoms with van der Waals surface area (Å²) in [5.41, 5.74) is 2.51. The van der Waals surface area contributed by atoms with Crippen molar-refractivity contribution < 1.29 is 4.74 Å². The second kappa shape index (κ2) is 5.41. The number of rotatable bonds is 5. The molecule has 0 aliphatic carbocycles. The fraction of sp³-hybridized carbons (Fsp3) is 0.444. The summed E-state index contributed by atoms with van der Waals surface area (Å²) in [6.45, 7) is 1.48. The minimum atomic E-state index is 0.659. The number of nitrogens with two attached hydrogens (primary N) is 1. The molecule has 0 aliphatic rings. The predicted octanol–water partition coefficient (Wildman–Crippen LogP) is 0.450. The van der Waals surface area contributed by atoms with Crippen molar-refractivity contribution in [3.8, 4) is 0 Å². The van der Waals surface area contributed by atoms with E-state index in [-0.39, 0.29) is 0 Å². The lowest BCUT2D eigenvalue weighted by atomic mass is 10.4. The Morgan fingerprint density at radius 1 is 1.57 bits per heavy atom. The van der Waals surface area contributed by atoms with Gasteiger partial charge in [-0.2, -0.15) is 0 Å². The summed E-state index contributed by atoms with van der Waals surface area (Å²) in [6, 6.07) is 5.64. The maximum Gasteiger partial charge on any atom is 0.142 e. The molecule has 1 aromatic rings. The van der Waals surface area contributed by atoms with Crippen molar-refractivity contribution in [2.45, 2.75) is 0 Å². The molecule has 5 heteroatoms. The minimum Gasteiger partial charge on any atom is -0.383 e. The van der Waals surface area contributed by atoms with Crippen LogP contribution in [0.4, 0.5) is 11.6 Å². The molecule has 0 aromatic carbocycles. The van der Waals surface area contributed by atoms with E-state index in [1.165, 1.54) is 0 Å². The first-order valence-electron chi connectivity index (χ1n) is 4.41. The number of methoxy groups -OCH3 is 1. The zero-order valence-corrected chi connectivity index (χ0v) is 8.53. The topological polar surface area (TPSA) is 63.4 Å². The van der Waals surface area contributed by atoms with Crippen molar-refractivity contribution in [1.82, 2.24) is 4.98 Å². The van der Waals surface area contributed by atoms with Crippen molar-refractivity contribution >= 4 is 11.6 Å². The average Bonchev–Trinajstić information content (AvgIpc) is 2.26. The van der Waals surface area contributed by atoms with Crippen LogP contribution in [0.2, 0.25) is 0 Å². The minimum absolute atomic E-state index is 0.659. The quantitative estimate of drug-likeness (QED) is 0.529. The number of ether oxygens (including phenoxy) is 1. The number of anilines is 2. The lowest BCUT2D eigenvalue weighted by Gasteiger charge is -2.17. The number of hydrazine groups is 1. The maximum atomic E-state index is 5.26. The summed E-state index contributed by atoms with van der Waals surface area (Å²) in [5, 5.41) is 0. The highest BCUT2D eigenvalue weighted by molar-refractivity contribution is 5.45. The van der Waals surface area contributed by atoms with Crippen LogP contribution in [0.5, 0.6) is 0 Å². The molecule has 1 rings (SSSR count). The summed E-state index contributed by atoms with van der Waals surface area (Å²) >= 11 is 0. The lowest BCUT2D eigenvalue weighted by Crippen LogP contribution is -2.23. The summed E-state index contributed by atoms with van der Waals surface area (Å²) in [4.78, 5) is 6.28. The van der Waals surface area contributed by atoms with E-state index in [9.17, 15) is 0 Å². The Morgan fingerprint density at radius 2 is 2.36 bits per heavy atom. The van der Waals surface area contributed by atoms with Gasteiger partial charge in [0.05, 0.1) is 6.61 Å². The lowest BCUT2D eigenvalue weighted by molar-refractivity contribution is 0.206. The molecular weight excluding hydrogens is 180 g/mol. The van der Waals surface area contributed by atoms with E-state index in [0.29, 0.717) is 12.4 Å². The van der Waals surface area contributed by atoms with E-state index < -0.39 is 0 Å². The van der Waals surface area contributed by atoms with Gasteiger partial charge in [0, 0.05) is 20.7 Å². The summed E-state index contributed by atoms with van der Waals surface area (Å²) in [6.07, 6.45) is 0. The number of nitrogens with one attached hydrogen (secondary N) is 1. The van der Waals surface area contributed by atoms with E-state index in [1.807, 2.05) is 30.1 Å². The van der Waals surface area contributed by atoms with Crippen LogP contribution in [-0.2, 0) is 4.74 Å². The molecule has 78 valence electrons. The van der Waals surface area contributed by atoms with Crippen LogP contribution in [-0.4, -0.2) is 32.3 Å². The number of nitrogens with zero attached hydrogens (tertiary/aromatic N) is 2. The summed E-state index contributed by atoms with van der Waals surface area (Å²) in [5.74, 6) is 6.80. The number of pyridine rings is 1. The molecule has 0 bridgehead atoms. The monoisotopic (exact) mass is 196 g/mol. The molecule has 0 spiro atoms. The number of hydrogen-bond acceptors (Lipinski definition) is 5. The van der Waals surface area contributed by atoms with E-state index in [2.05, 4.69) is 10.4 Å². The van der Waals surface area contributed by atoms with Gasteiger partial charge in [-0.05, 0) is 12.1 Å². The molecule has 1 aromatic heterocycles. The molecule has 0 aliphatic heterocycles. The SMILES string of the molecule is COCCN(C)c1cccc(NN)n1. The maximum absolute atomic E-state index is 5.26. The zero-order valence-electron chi connectivity index (χ0n) is 8.53. The predicted molar refractivity (Wildman–Crippen MR) is 57.2 cm³/mol. The van der Waals surface area contributed by atoms with Crippen molar-refractivity contribution in [3.63, 3.8) is 0 Å². The molecule has 0 saturated carbocycles. The Balaban J connectivity index is 2.64. The smallest absolute Gasteiger partial charge is 0.142 e. The second-order valence-corrected chi connectivity index (χ2v) is 2.94. The van der Waals surface area contributed by atoms with Gasteiger partial charge < -0.3 is 15.1 Å². The molecular formula is C9H16N4O. The van der Waals surface area contributed by atoms with Crippen molar-refractivity contribution in [1.29, 1.82) is 0 Å². The molecule has 0 unspecified atom stereocenters. The zero-order chi connectivity index (χ0) is 10.4. The van der Waals surface area contributed by atoms with Crippen LogP contribution in [0, 0.1) is 0 Å². The first kappa shape index (κ1) is 10.7. The molecule has 0 atom stereocenters. The van der Waals surface area contributed by atoms with E-state index in [0.717, 1.165) is 12.4 Å². The van der Waals surface area contributed by atoms with Crippen LogP contribution >= 0.6 is 0 Å². The first-order valence-corrected chi connectivity index (χ1v) is 4.41. The fourth-order valence-corrected chi connectivity index (χ4v) is 1.06. The van der Waals surface area contributed by atoms with Gasteiger partial charge in [0.25, 0.3) is 0 Å². The van der Waals surface area contributed by atoms with Gasteiger partial charge in [-0.3, -0.25) is 0 Å². The van der Waals surface area contributed by atoms with Crippen molar-refractivity contribution in [2.24, 2.45) is 5.84 Å².